The zero-order valence-corrected chi connectivity index (χ0v) is 7.47. The Morgan fingerprint density at radius 1 is 1.50 bits per heavy atom. The number of piperazine rings is 1. The Balaban J connectivity index is 2.63. The molecule has 0 saturated carbocycles. The molecule has 0 spiro atoms. The van der Waals surface area contributed by atoms with Gasteiger partial charge in [0.1, 0.15) is 0 Å². The van der Waals surface area contributed by atoms with Gasteiger partial charge in [-0.05, 0) is 13.3 Å². The van der Waals surface area contributed by atoms with Crippen LogP contribution in [0.2, 0.25) is 0 Å². The summed E-state index contributed by atoms with van der Waals surface area (Å²) in [5.41, 5.74) is 5.59. The summed E-state index contributed by atoms with van der Waals surface area (Å²) in [6.45, 7) is 8.51. The third-order valence-electron chi connectivity index (χ3n) is 2.53. The second-order valence-corrected chi connectivity index (χ2v) is 3.30. The van der Waals surface area contributed by atoms with E-state index in [4.69, 9.17) is 11.1 Å². The summed E-state index contributed by atoms with van der Waals surface area (Å²) < 4.78 is 0.635. The van der Waals surface area contributed by atoms with Crippen LogP contribution in [0.4, 0.5) is 0 Å². The van der Waals surface area contributed by atoms with E-state index >= 15 is 0 Å². The quantitative estimate of drug-likeness (QED) is 0.298. The minimum Gasteiger partial charge on any atom is -0.338 e. The van der Waals surface area contributed by atoms with Crippen molar-refractivity contribution in [2.45, 2.75) is 6.42 Å². The summed E-state index contributed by atoms with van der Waals surface area (Å²) in [5.74, 6) is 0.292. The van der Waals surface area contributed by atoms with Crippen molar-refractivity contribution < 1.29 is 4.48 Å². The predicted octanol–water partition coefficient (Wildman–Crippen LogP) is -0.476. The zero-order valence-electron chi connectivity index (χ0n) is 7.47. The minimum atomic E-state index is 0.292. The van der Waals surface area contributed by atoms with Crippen LogP contribution in [0.5, 0.6) is 0 Å². The van der Waals surface area contributed by atoms with Gasteiger partial charge in [-0.25, -0.2) is 5.41 Å². The van der Waals surface area contributed by atoms with Gasteiger partial charge in [0.15, 0.2) is 0 Å². The van der Waals surface area contributed by atoms with Gasteiger partial charge in [-0.3, -0.25) is 4.48 Å². The van der Waals surface area contributed by atoms with Crippen molar-refractivity contribution in [3.8, 4) is 0 Å². The smallest absolute Gasteiger partial charge is 0.292 e. The Hall–Kier alpha value is -0.610. The second kappa shape index (κ2) is 3.87. The molecule has 4 N–H and O–H groups in total. The summed E-state index contributed by atoms with van der Waals surface area (Å²) >= 11 is 0. The lowest BCUT2D eigenvalue weighted by Crippen LogP contribution is -2.64. The van der Waals surface area contributed by atoms with Crippen molar-refractivity contribution in [2.75, 3.05) is 32.7 Å². The van der Waals surface area contributed by atoms with Gasteiger partial charge in [-0.1, -0.05) is 0 Å². The molecule has 1 heterocycles. The molecule has 0 aromatic heterocycles. The van der Waals surface area contributed by atoms with Crippen LogP contribution in [-0.4, -0.2) is 43.2 Å². The Bertz CT molecular complexity index is 155. The van der Waals surface area contributed by atoms with Crippen LogP contribution < -0.4 is 11.1 Å². The number of hydrogen-bond donors (Lipinski definition) is 3. The lowest BCUT2D eigenvalue weighted by Gasteiger charge is -2.39. The average molecular weight is 170 g/mol. The summed E-state index contributed by atoms with van der Waals surface area (Å²) in [7, 11) is 0. The second-order valence-electron chi connectivity index (χ2n) is 3.30. The van der Waals surface area contributed by atoms with Crippen molar-refractivity contribution in [3.05, 3.63) is 6.92 Å². The molecule has 0 aromatic rings. The van der Waals surface area contributed by atoms with Crippen LogP contribution >= 0.6 is 0 Å². The summed E-state index contributed by atoms with van der Waals surface area (Å²) in [6.07, 6.45) is 0.847. The first-order valence-corrected chi connectivity index (χ1v) is 4.42. The maximum Gasteiger partial charge on any atom is 0.292 e. The third-order valence-corrected chi connectivity index (χ3v) is 2.53. The highest BCUT2D eigenvalue weighted by Crippen LogP contribution is 2.08. The molecule has 0 bridgehead atoms. The van der Waals surface area contributed by atoms with Crippen molar-refractivity contribution >= 4 is 5.96 Å². The average Bonchev–Trinajstić information content (AvgIpc) is 2.06. The maximum absolute atomic E-state index is 7.53. The Kier molecular flexibility index (Phi) is 3.05. The highest BCUT2D eigenvalue weighted by Gasteiger charge is 2.32. The van der Waals surface area contributed by atoms with Gasteiger partial charge in [0.05, 0.1) is 19.6 Å². The number of nitrogens with zero attached hydrogens (tertiary/aromatic N) is 1. The van der Waals surface area contributed by atoms with Crippen molar-refractivity contribution in [1.82, 2.24) is 5.32 Å². The molecule has 12 heavy (non-hydrogen) atoms. The van der Waals surface area contributed by atoms with Crippen LogP contribution in [0.15, 0.2) is 0 Å². The number of quaternary nitrogens is 1. The highest BCUT2D eigenvalue weighted by atomic mass is 15.4. The van der Waals surface area contributed by atoms with E-state index in [1.165, 1.54) is 0 Å². The number of nitrogens with one attached hydrogen (secondary N) is 2. The van der Waals surface area contributed by atoms with Crippen LogP contribution in [0.3, 0.4) is 0 Å². The van der Waals surface area contributed by atoms with Gasteiger partial charge in [0.25, 0.3) is 5.96 Å². The largest absolute Gasteiger partial charge is 0.338 e. The molecule has 0 aliphatic carbocycles. The zero-order chi connectivity index (χ0) is 9.03. The molecule has 0 amide bonds. The SMILES string of the molecule is [CH2]CC[N+]1(C(=N)N)CCNCC1. The van der Waals surface area contributed by atoms with E-state index < -0.39 is 0 Å². The molecule has 1 rings (SSSR count). The monoisotopic (exact) mass is 170 g/mol. The van der Waals surface area contributed by atoms with Crippen molar-refractivity contribution in [1.29, 1.82) is 5.41 Å². The van der Waals surface area contributed by atoms with Crippen molar-refractivity contribution in [3.63, 3.8) is 0 Å². The van der Waals surface area contributed by atoms with Crippen LogP contribution in [-0.2, 0) is 0 Å². The Morgan fingerprint density at radius 2 is 2.08 bits per heavy atom. The van der Waals surface area contributed by atoms with E-state index in [2.05, 4.69) is 12.2 Å². The van der Waals surface area contributed by atoms with Gasteiger partial charge in [0, 0.05) is 13.1 Å². The van der Waals surface area contributed by atoms with E-state index in [0.29, 0.717) is 10.4 Å². The molecule has 1 fully saturated rings. The van der Waals surface area contributed by atoms with Gasteiger partial charge in [0.2, 0.25) is 0 Å². The van der Waals surface area contributed by atoms with E-state index in [1.54, 1.807) is 0 Å². The van der Waals surface area contributed by atoms with E-state index in [9.17, 15) is 0 Å². The first kappa shape index (κ1) is 9.48. The first-order valence-electron chi connectivity index (χ1n) is 4.42. The van der Waals surface area contributed by atoms with Gasteiger partial charge < -0.3 is 11.1 Å². The molecule has 0 atom stereocenters. The molecule has 69 valence electrons. The number of guanidine groups is 1. The molecule has 1 radical (unpaired) electrons. The fourth-order valence-corrected chi connectivity index (χ4v) is 1.71. The van der Waals surface area contributed by atoms with Crippen LogP contribution in [0.1, 0.15) is 6.42 Å². The lowest BCUT2D eigenvalue weighted by molar-refractivity contribution is -0.845. The van der Waals surface area contributed by atoms with E-state index in [-0.39, 0.29) is 0 Å². The summed E-state index contributed by atoms with van der Waals surface area (Å²) in [4.78, 5) is 0. The lowest BCUT2D eigenvalue weighted by atomic mass is 10.2. The molecule has 0 aromatic carbocycles. The van der Waals surface area contributed by atoms with E-state index in [0.717, 1.165) is 39.1 Å². The van der Waals surface area contributed by atoms with Crippen LogP contribution in [0, 0.1) is 12.3 Å². The molecular formula is C8H18N4+. The Labute approximate surface area is 73.8 Å². The molecule has 4 nitrogen and oxygen atoms in total. The first-order chi connectivity index (χ1) is 5.71. The number of nitrogens with two attached hydrogens (primary N) is 1. The number of hydrogen-bond acceptors (Lipinski definition) is 2. The normalized spacial score (nSPS) is 22.1. The highest BCUT2D eigenvalue weighted by molar-refractivity contribution is 5.67. The molecule has 0 unspecified atom stereocenters. The molecule has 1 aliphatic rings. The van der Waals surface area contributed by atoms with Gasteiger partial charge in [-0.15, -0.1) is 0 Å². The third kappa shape index (κ3) is 1.76. The Morgan fingerprint density at radius 3 is 2.50 bits per heavy atom. The van der Waals surface area contributed by atoms with Crippen molar-refractivity contribution in [2.24, 2.45) is 5.73 Å². The standard InChI is InChI=1S/C8H18N4/c1-2-5-12(8(9)10)6-3-11-4-7-12/h11H,1-7H2,(H3,9,10)/q+1. The van der Waals surface area contributed by atoms with Crippen LogP contribution in [0.25, 0.3) is 0 Å². The molecule has 1 aliphatic heterocycles. The van der Waals surface area contributed by atoms with Gasteiger partial charge in [-0.2, -0.15) is 0 Å². The maximum atomic E-state index is 7.53. The predicted molar refractivity (Wildman–Crippen MR) is 49.6 cm³/mol. The van der Waals surface area contributed by atoms with Gasteiger partial charge >= 0.3 is 0 Å². The number of rotatable bonds is 2. The molecule has 4 heteroatoms. The summed E-state index contributed by atoms with van der Waals surface area (Å²) in [5, 5.41) is 10.8. The summed E-state index contributed by atoms with van der Waals surface area (Å²) in [6, 6.07) is 0. The topological polar surface area (TPSA) is 61.9 Å². The fourth-order valence-electron chi connectivity index (χ4n) is 1.71. The minimum absolute atomic E-state index is 0.292. The molecular weight excluding hydrogens is 152 g/mol. The molecule has 1 saturated heterocycles. The van der Waals surface area contributed by atoms with E-state index in [1.807, 2.05) is 0 Å². The fraction of sp³-hybridized carbons (Fsp3) is 0.750.